The number of hydrogen-bond donors (Lipinski definition) is 2. The molecule has 2 N–H and O–H groups in total. The SMILES string of the molecule is CCCNCCNC(=O)CCc1cccs1. The molecule has 0 atom stereocenters. The van der Waals surface area contributed by atoms with Crippen LogP contribution >= 0.6 is 11.3 Å². The van der Waals surface area contributed by atoms with Crippen LogP contribution in [0.25, 0.3) is 0 Å². The fraction of sp³-hybridized carbons (Fsp3) is 0.583. The van der Waals surface area contributed by atoms with Crippen molar-refractivity contribution in [2.24, 2.45) is 0 Å². The molecule has 4 heteroatoms. The minimum absolute atomic E-state index is 0.145. The average Bonchev–Trinajstić information content (AvgIpc) is 2.79. The molecule has 0 fully saturated rings. The second kappa shape index (κ2) is 8.30. The summed E-state index contributed by atoms with van der Waals surface area (Å²) in [5, 5.41) is 8.20. The number of thiophene rings is 1. The third-order valence-electron chi connectivity index (χ3n) is 2.23. The Bertz CT molecular complexity index is 285. The van der Waals surface area contributed by atoms with E-state index in [4.69, 9.17) is 0 Å². The Morgan fingerprint density at radius 1 is 1.38 bits per heavy atom. The van der Waals surface area contributed by atoms with Gasteiger partial charge in [0.1, 0.15) is 0 Å². The summed E-state index contributed by atoms with van der Waals surface area (Å²) < 4.78 is 0. The molecule has 0 aromatic carbocycles. The summed E-state index contributed by atoms with van der Waals surface area (Å²) in [6.07, 6.45) is 2.58. The Labute approximate surface area is 101 Å². The quantitative estimate of drug-likeness (QED) is 0.680. The molecule has 1 aromatic heterocycles. The van der Waals surface area contributed by atoms with Crippen LogP contribution in [0.4, 0.5) is 0 Å². The molecule has 0 spiro atoms. The highest BCUT2D eigenvalue weighted by Crippen LogP contribution is 2.10. The lowest BCUT2D eigenvalue weighted by atomic mass is 10.2. The molecule has 1 heterocycles. The topological polar surface area (TPSA) is 41.1 Å². The van der Waals surface area contributed by atoms with Crippen LogP contribution in [0.1, 0.15) is 24.6 Å². The van der Waals surface area contributed by atoms with E-state index in [2.05, 4.69) is 23.6 Å². The lowest BCUT2D eigenvalue weighted by molar-refractivity contribution is -0.121. The molecule has 0 saturated carbocycles. The molecule has 0 aliphatic carbocycles. The van der Waals surface area contributed by atoms with Gasteiger partial charge >= 0.3 is 0 Å². The summed E-state index contributed by atoms with van der Waals surface area (Å²) in [5.41, 5.74) is 0. The molecular formula is C12H20N2OS. The lowest BCUT2D eigenvalue weighted by Crippen LogP contribution is -2.32. The highest BCUT2D eigenvalue weighted by atomic mass is 32.1. The fourth-order valence-electron chi connectivity index (χ4n) is 1.37. The highest BCUT2D eigenvalue weighted by molar-refractivity contribution is 7.09. The normalized spacial score (nSPS) is 10.3. The molecule has 1 aromatic rings. The Morgan fingerprint density at radius 3 is 2.94 bits per heavy atom. The van der Waals surface area contributed by atoms with Crippen LogP contribution in [0.5, 0.6) is 0 Å². The van der Waals surface area contributed by atoms with Crippen LogP contribution in [0.2, 0.25) is 0 Å². The van der Waals surface area contributed by atoms with Gasteiger partial charge in [0.2, 0.25) is 5.91 Å². The first-order valence-corrected chi connectivity index (χ1v) is 6.70. The van der Waals surface area contributed by atoms with Crippen molar-refractivity contribution in [3.05, 3.63) is 22.4 Å². The summed E-state index contributed by atoms with van der Waals surface area (Å²) in [6, 6.07) is 4.09. The molecule has 0 bridgehead atoms. The highest BCUT2D eigenvalue weighted by Gasteiger charge is 2.01. The molecule has 0 radical (unpaired) electrons. The van der Waals surface area contributed by atoms with Crippen molar-refractivity contribution < 1.29 is 4.79 Å². The van der Waals surface area contributed by atoms with Gasteiger partial charge in [-0.2, -0.15) is 0 Å². The number of nitrogens with one attached hydrogen (secondary N) is 2. The van der Waals surface area contributed by atoms with Gasteiger partial charge in [0.25, 0.3) is 0 Å². The number of aryl methyl sites for hydroxylation is 1. The Hall–Kier alpha value is -0.870. The molecule has 0 aliphatic heterocycles. The summed E-state index contributed by atoms with van der Waals surface area (Å²) in [5.74, 6) is 0.145. The van der Waals surface area contributed by atoms with Gasteiger partial charge in [-0.25, -0.2) is 0 Å². The van der Waals surface area contributed by atoms with Crippen LogP contribution in [-0.2, 0) is 11.2 Å². The molecule has 1 rings (SSSR count). The van der Waals surface area contributed by atoms with Crippen molar-refractivity contribution >= 4 is 17.2 Å². The second-order valence-electron chi connectivity index (χ2n) is 3.68. The molecule has 3 nitrogen and oxygen atoms in total. The van der Waals surface area contributed by atoms with E-state index < -0.39 is 0 Å². The maximum atomic E-state index is 11.4. The van der Waals surface area contributed by atoms with E-state index in [-0.39, 0.29) is 5.91 Å². The number of amides is 1. The van der Waals surface area contributed by atoms with Crippen molar-refractivity contribution in [1.29, 1.82) is 0 Å². The van der Waals surface area contributed by atoms with Gasteiger partial charge in [0.05, 0.1) is 0 Å². The van der Waals surface area contributed by atoms with Gasteiger partial charge in [0.15, 0.2) is 0 Å². The third-order valence-corrected chi connectivity index (χ3v) is 3.17. The van der Waals surface area contributed by atoms with Gasteiger partial charge < -0.3 is 10.6 Å². The third kappa shape index (κ3) is 5.88. The number of rotatable bonds is 8. The number of carbonyl (C=O) groups excluding carboxylic acids is 1. The molecule has 1 amide bonds. The van der Waals surface area contributed by atoms with Gasteiger partial charge in [-0.05, 0) is 30.8 Å². The van der Waals surface area contributed by atoms with E-state index >= 15 is 0 Å². The first kappa shape index (κ1) is 13.2. The molecule has 0 saturated heterocycles. The minimum atomic E-state index is 0.145. The zero-order valence-corrected chi connectivity index (χ0v) is 10.6. The predicted molar refractivity (Wildman–Crippen MR) is 68.8 cm³/mol. The predicted octanol–water partition coefficient (Wildman–Crippen LogP) is 1.80. The first-order valence-electron chi connectivity index (χ1n) is 5.82. The van der Waals surface area contributed by atoms with Crippen LogP contribution in [0.15, 0.2) is 17.5 Å². The zero-order valence-electron chi connectivity index (χ0n) is 9.79. The van der Waals surface area contributed by atoms with Crippen LogP contribution in [-0.4, -0.2) is 25.5 Å². The van der Waals surface area contributed by atoms with Crippen molar-refractivity contribution in [3.63, 3.8) is 0 Å². The van der Waals surface area contributed by atoms with Crippen LogP contribution < -0.4 is 10.6 Å². The molecule has 0 aliphatic rings. The van der Waals surface area contributed by atoms with Crippen LogP contribution in [0, 0.1) is 0 Å². The first-order chi connectivity index (χ1) is 7.83. The van der Waals surface area contributed by atoms with Gasteiger partial charge in [0, 0.05) is 24.4 Å². The average molecular weight is 240 g/mol. The van der Waals surface area contributed by atoms with Gasteiger partial charge in [-0.3, -0.25) is 4.79 Å². The summed E-state index contributed by atoms with van der Waals surface area (Å²) in [6.45, 7) is 4.74. The van der Waals surface area contributed by atoms with E-state index in [0.717, 1.165) is 32.5 Å². The van der Waals surface area contributed by atoms with Gasteiger partial charge in [-0.1, -0.05) is 13.0 Å². The fourth-order valence-corrected chi connectivity index (χ4v) is 2.08. The number of hydrogen-bond acceptors (Lipinski definition) is 3. The lowest BCUT2D eigenvalue weighted by Gasteiger charge is -2.05. The number of carbonyl (C=O) groups is 1. The van der Waals surface area contributed by atoms with Gasteiger partial charge in [-0.15, -0.1) is 11.3 Å². The smallest absolute Gasteiger partial charge is 0.220 e. The van der Waals surface area contributed by atoms with Crippen molar-refractivity contribution in [2.75, 3.05) is 19.6 Å². The van der Waals surface area contributed by atoms with E-state index in [0.29, 0.717) is 6.42 Å². The summed E-state index contributed by atoms with van der Waals surface area (Å²) in [4.78, 5) is 12.7. The van der Waals surface area contributed by atoms with Crippen molar-refractivity contribution in [3.8, 4) is 0 Å². The minimum Gasteiger partial charge on any atom is -0.355 e. The van der Waals surface area contributed by atoms with E-state index in [9.17, 15) is 4.79 Å². The maximum absolute atomic E-state index is 11.4. The Kier molecular flexibility index (Phi) is 6.85. The van der Waals surface area contributed by atoms with Crippen molar-refractivity contribution in [1.82, 2.24) is 10.6 Å². The van der Waals surface area contributed by atoms with Crippen molar-refractivity contribution in [2.45, 2.75) is 26.2 Å². The molecule has 0 unspecified atom stereocenters. The largest absolute Gasteiger partial charge is 0.355 e. The standard InChI is InChI=1S/C12H20N2OS/c1-2-7-13-8-9-14-12(15)6-5-11-4-3-10-16-11/h3-4,10,13H,2,5-9H2,1H3,(H,14,15). The van der Waals surface area contributed by atoms with E-state index in [1.54, 1.807) is 11.3 Å². The summed E-state index contributed by atoms with van der Waals surface area (Å²) >= 11 is 1.71. The molecular weight excluding hydrogens is 220 g/mol. The Morgan fingerprint density at radius 2 is 2.25 bits per heavy atom. The zero-order chi connectivity index (χ0) is 11.6. The molecule has 90 valence electrons. The van der Waals surface area contributed by atoms with E-state index in [1.807, 2.05) is 11.4 Å². The van der Waals surface area contributed by atoms with E-state index in [1.165, 1.54) is 4.88 Å². The Balaban J connectivity index is 1.99. The maximum Gasteiger partial charge on any atom is 0.220 e. The molecule has 16 heavy (non-hydrogen) atoms. The monoisotopic (exact) mass is 240 g/mol. The van der Waals surface area contributed by atoms with Crippen LogP contribution in [0.3, 0.4) is 0 Å². The summed E-state index contributed by atoms with van der Waals surface area (Å²) in [7, 11) is 0. The second-order valence-corrected chi connectivity index (χ2v) is 4.71.